The second-order valence-corrected chi connectivity index (χ2v) is 1.97. The van der Waals surface area contributed by atoms with Crippen molar-refractivity contribution in [2.75, 3.05) is 6.54 Å². The van der Waals surface area contributed by atoms with E-state index in [4.69, 9.17) is 0 Å². The van der Waals surface area contributed by atoms with Crippen LogP contribution in [0.2, 0.25) is 0 Å². The molecule has 0 radical (unpaired) electrons. The zero-order valence-electron chi connectivity index (χ0n) is 6.09. The molecule has 0 bridgehead atoms. The fourth-order valence-electron chi connectivity index (χ4n) is 0.526. The SMILES string of the molecule is C=C=CC(C)CN=CC. The van der Waals surface area contributed by atoms with E-state index in [9.17, 15) is 0 Å². The lowest BCUT2D eigenvalue weighted by Gasteiger charge is -1.96. The standard InChI is InChI=1S/C8H13N/c1-4-6-8(3)7-9-5-2/h5-6,8H,1,7H2,2-3H3. The molecule has 1 heteroatoms. The summed E-state index contributed by atoms with van der Waals surface area (Å²) in [5.41, 5.74) is 2.73. The minimum Gasteiger partial charge on any atom is -0.297 e. The van der Waals surface area contributed by atoms with E-state index in [1.807, 2.05) is 19.2 Å². The van der Waals surface area contributed by atoms with Crippen LogP contribution in [0.1, 0.15) is 13.8 Å². The third-order valence-corrected chi connectivity index (χ3v) is 0.978. The summed E-state index contributed by atoms with van der Waals surface area (Å²) >= 11 is 0. The van der Waals surface area contributed by atoms with Crippen molar-refractivity contribution in [3.63, 3.8) is 0 Å². The van der Waals surface area contributed by atoms with Gasteiger partial charge in [0.15, 0.2) is 0 Å². The van der Waals surface area contributed by atoms with Gasteiger partial charge in [0.05, 0.1) is 0 Å². The van der Waals surface area contributed by atoms with Gasteiger partial charge in [0.1, 0.15) is 0 Å². The highest BCUT2D eigenvalue weighted by molar-refractivity contribution is 5.53. The summed E-state index contributed by atoms with van der Waals surface area (Å²) in [6.07, 6.45) is 3.74. The summed E-state index contributed by atoms with van der Waals surface area (Å²) in [5.74, 6) is 0.471. The Morgan fingerprint density at radius 1 is 1.78 bits per heavy atom. The van der Waals surface area contributed by atoms with Crippen LogP contribution >= 0.6 is 0 Å². The Bertz CT molecular complexity index is 130. The molecule has 0 aromatic heterocycles. The van der Waals surface area contributed by atoms with Crippen molar-refractivity contribution in [1.29, 1.82) is 0 Å². The molecule has 0 aliphatic heterocycles. The van der Waals surface area contributed by atoms with E-state index in [2.05, 4.69) is 24.2 Å². The molecule has 0 fully saturated rings. The van der Waals surface area contributed by atoms with E-state index < -0.39 is 0 Å². The molecule has 0 aromatic rings. The first-order chi connectivity index (χ1) is 4.31. The largest absolute Gasteiger partial charge is 0.297 e. The average Bonchev–Trinajstić information content (AvgIpc) is 1.85. The highest BCUT2D eigenvalue weighted by Crippen LogP contribution is 1.94. The lowest BCUT2D eigenvalue weighted by atomic mass is 10.2. The molecule has 1 atom stereocenters. The number of nitrogens with zero attached hydrogens (tertiary/aromatic N) is 1. The van der Waals surface area contributed by atoms with Crippen LogP contribution in [0, 0.1) is 5.92 Å². The molecule has 1 unspecified atom stereocenters. The second-order valence-electron chi connectivity index (χ2n) is 1.97. The van der Waals surface area contributed by atoms with Gasteiger partial charge in [-0.2, -0.15) is 0 Å². The van der Waals surface area contributed by atoms with E-state index in [0.717, 1.165) is 6.54 Å². The molecule has 0 spiro atoms. The lowest BCUT2D eigenvalue weighted by molar-refractivity contribution is 0.744. The maximum Gasteiger partial charge on any atom is 0.0451 e. The quantitative estimate of drug-likeness (QED) is 0.402. The normalized spacial score (nSPS) is 13.1. The first-order valence-electron chi connectivity index (χ1n) is 3.11. The Morgan fingerprint density at radius 3 is 2.89 bits per heavy atom. The number of hydrogen-bond acceptors (Lipinski definition) is 1. The van der Waals surface area contributed by atoms with E-state index in [1.54, 1.807) is 0 Å². The molecule has 1 nitrogen and oxygen atoms in total. The van der Waals surface area contributed by atoms with Crippen LogP contribution in [0.25, 0.3) is 0 Å². The Labute approximate surface area is 56.8 Å². The van der Waals surface area contributed by atoms with Crippen LogP contribution in [0.3, 0.4) is 0 Å². The third-order valence-electron chi connectivity index (χ3n) is 0.978. The molecule has 0 rings (SSSR count). The first-order valence-corrected chi connectivity index (χ1v) is 3.11. The Kier molecular flexibility index (Phi) is 4.85. The van der Waals surface area contributed by atoms with Gasteiger partial charge < -0.3 is 0 Å². The maximum atomic E-state index is 4.07. The van der Waals surface area contributed by atoms with Gasteiger partial charge in [-0.3, -0.25) is 4.99 Å². The number of hydrogen-bond donors (Lipinski definition) is 0. The van der Waals surface area contributed by atoms with Gasteiger partial charge >= 0.3 is 0 Å². The van der Waals surface area contributed by atoms with Crippen molar-refractivity contribution in [3.8, 4) is 0 Å². The summed E-state index contributed by atoms with van der Waals surface area (Å²) in [6.45, 7) is 8.33. The molecule has 0 aliphatic rings. The summed E-state index contributed by atoms with van der Waals surface area (Å²) in [6, 6.07) is 0. The molecule has 0 N–H and O–H groups in total. The minimum atomic E-state index is 0.471. The van der Waals surface area contributed by atoms with E-state index in [-0.39, 0.29) is 0 Å². The molecule has 0 heterocycles. The summed E-state index contributed by atoms with van der Waals surface area (Å²) in [4.78, 5) is 4.07. The molecule has 0 saturated heterocycles. The zero-order chi connectivity index (χ0) is 7.11. The van der Waals surface area contributed by atoms with Gasteiger partial charge in [-0.25, -0.2) is 0 Å². The monoisotopic (exact) mass is 123 g/mol. The van der Waals surface area contributed by atoms with Crippen LogP contribution in [-0.4, -0.2) is 12.8 Å². The molecular weight excluding hydrogens is 110 g/mol. The molecule has 9 heavy (non-hydrogen) atoms. The Hall–Kier alpha value is -0.810. The van der Waals surface area contributed by atoms with Crippen molar-refractivity contribution in [1.82, 2.24) is 0 Å². The smallest absolute Gasteiger partial charge is 0.0451 e. The van der Waals surface area contributed by atoms with Gasteiger partial charge in [-0.05, 0) is 19.2 Å². The predicted octanol–water partition coefficient (Wildman–Crippen LogP) is 2.05. The second kappa shape index (κ2) is 5.33. The van der Waals surface area contributed by atoms with Gasteiger partial charge in [0.2, 0.25) is 0 Å². The minimum absolute atomic E-state index is 0.471. The van der Waals surface area contributed by atoms with E-state index >= 15 is 0 Å². The van der Waals surface area contributed by atoms with Crippen molar-refractivity contribution in [3.05, 3.63) is 18.4 Å². The molecule has 50 valence electrons. The van der Waals surface area contributed by atoms with Crippen molar-refractivity contribution in [2.24, 2.45) is 10.9 Å². The highest BCUT2D eigenvalue weighted by Gasteiger charge is 1.89. The maximum absolute atomic E-state index is 4.07. The van der Waals surface area contributed by atoms with Crippen LogP contribution in [-0.2, 0) is 0 Å². The molecule has 0 aromatic carbocycles. The lowest BCUT2D eigenvalue weighted by Crippen LogP contribution is -1.92. The summed E-state index contributed by atoms with van der Waals surface area (Å²) in [5, 5.41) is 0. The average molecular weight is 123 g/mol. The van der Waals surface area contributed by atoms with E-state index in [0.29, 0.717) is 5.92 Å². The summed E-state index contributed by atoms with van der Waals surface area (Å²) in [7, 11) is 0. The van der Waals surface area contributed by atoms with Crippen LogP contribution in [0.5, 0.6) is 0 Å². The number of aliphatic imine (C=N–C) groups is 1. The molecule has 0 amide bonds. The fraction of sp³-hybridized carbons (Fsp3) is 0.500. The fourth-order valence-corrected chi connectivity index (χ4v) is 0.526. The van der Waals surface area contributed by atoms with Gasteiger partial charge in [0.25, 0.3) is 0 Å². The zero-order valence-corrected chi connectivity index (χ0v) is 6.09. The number of rotatable bonds is 3. The Morgan fingerprint density at radius 2 is 2.44 bits per heavy atom. The third kappa shape index (κ3) is 5.05. The molecule has 0 saturated carbocycles. The molecular formula is C8H13N. The van der Waals surface area contributed by atoms with Crippen molar-refractivity contribution >= 4 is 6.21 Å². The van der Waals surface area contributed by atoms with Crippen LogP contribution < -0.4 is 0 Å². The molecule has 0 aliphatic carbocycles. The van der Waals surface area contributed by atoms with Gasteiger partial charge in [-0.1, -0.05) is 13.5 Å². The van der Waals surface area contributed by atoms with Crippen LogP contribution in [0.4, 0.5) is 0 Å². The Balaban J connectivity index is 3.49. The van der Waals surface area contributed by atoms with Gasteiger partial charge in [0, 0.05) is 12.5 Å². The van der Waals surface area contributed by atoms with Gasteiger partial charge in [-0.15, -0.1) is 5.73 Å². The summed E-state index contributed by atoms with van der Waals surface area (Å²) < 4.78 is 0. The topological polar surface area (TPSA) is 12.4 Å². The highest BCUT2D eigenvalue weighted by atomic mass is 14.7. The van der Waals surface area contributed by atoms with E-state index in [1.165, 1.54) is 0 Å². The van der Waals surface area contributed by atoms with Crippen molar-refractivity contribution in [2.45, 2.75) is 13.8 Å². The predicted molar refractivity (Wildman–Crippen MR) is 41.9 cm³/mol. The van der Waals surface area contributed by atoms with Crippen molar-refractivity contribution < 1.29 is 0 Å². The van der Waals surface area contributed by atoms with Crippen LogP contribution in [0.15, 0.2) is 23.4 Å². The first kappa shape index (κ1) is 8.19.